The Kier molecular flexibility index (Phi) is 3.49. The minimum absolute atomic E-state index is 0.227. The fourth-order valence-electron chi connectivity index (χ4n) is 2.57. The van der Waals surface area contributed by atoms with Crippen LogP contribution in [-0.2, 0) is 6.42 Å². The topological polar surface area (TPSA) is 77.1 Å². The molecule has 4 rings (SSSR count). The van der Waals surface area contributed by atoms with Crippen molar-refractivity contribution in [1.29, 1.82) is 0 Å². The monoisotopic (exact) mass is 321 g/mol. The number of nitrogens with zero attached hydrogens (tertiary/aromatic N) is 2. The number of rotatable bonds is 3. The number of nitrogens with one attached hydrogen (secondary N) is 1. The van der Waals surface area contributed by atoms with Crippen LogP contribution in [-0.4, -0.2) is 22.0 Å². The minimum Gasteiger partial charge on any atom is -0.454 e. The van der Waals surface area contributed by atoms with Gasteiger partial charge in [0.2, 0.25) is 6.79 Å². The summed E-state index contributed by atoms with van der Waals surface area (Å²) in [4.78, 5) is 16.5. The van der Waals surface area contributed by atoms with E-state index in [2.05, 4.69) is 15.2 Å². The molecule has 0 radical (unpaired) electrons. The van der Waals surface area contributed by atoms with E-state index in [9.17, 15) is 4.79 Å². The molecular formula is C18H15N3O3. The fraction of sp³-hybridized carbons (Fsp3) is 0.167. The Hall–Kier alpha value is -3.15. The molecule has 0 atom stereocenters. The molecule has 0 fully saturated rings. The van der Waals surface area contributed by atoms with Gasteiger partial charge in [0, 0.05) is 12.0 Å². The average molecular weight is 321 g/mol. The van der Waals surface area contributed by atoms with Crippen molar-refractivity contribution in [3.05, 3.63) is 69.6 Å². The van der Waals surface area contributed by atoms with Crippen LogP contribution in [0.3, 0.4) is 0 Å². The first kappa shape index (κ1) is 14.4. The Bertz CT molecular complexity index is 948. The van der Waals surface area contributed by atoms with E-state index in [0.717, 1.165) is 22.4 Å². The van der Waals surface area contributed by atoms with E-state index >= 15 is 0 Å². The molecule has 6 nitrogen and oxygen atoms in total. The van der Waals surface area contributed by atoms with Gasteiger partial charge in [-0.2, -0.15) is 5.10 Å². The molecule has 0 amide bonds. The number of aromatic amines is 1. The Morgan fingerprint density at radius 3 is 2.71 bits per heavy atom. The minimum atomic E-state index is -0.288. The van der Waals surface area contributed by atoms with Crippen LogP contribution in [0.5, 0.6) is 11.5 Å². The highest BCUT2D eigenvalue weighted by Crippen LogP contribution is 2.32. The van der Waals surface area contributed by atoms with E-state index in [1.54, 1.807) is 0 Å². The number of benzene rings is 2. The quantitative estimate of drug-likeness (QED) is 0.802. The molecule has 0 saturated carbocycles. The lowest BCUT2D eigenvalue weighted by atomic mass is 10.1. The first-order valence-corrected chi connectivity index (χ1v) is 7.60. The second kappa shape index (κ2) is 5.81. The normalized spacial score (nSPS) is 12.4. The maximum Gasteiger partial charge on any atom is 0.286 e. The number of hydrogen-bond acceptors (Lipinski definition) is 5. The van der Waals surface area contributed by atoms with Gasteiger partial charge in [0.15, 0.2) is 17.3 Å². The van der Waals surface area contributed by atoms with Crippen LogP contribution in [0.1, 0.15) is 16.8 Å². The first-order valence-electron chi connectivity index (χ1n) is 7.60. The van der Waals surface area contributed by atoms with Gasteiger partial charge in [0.25, 0.3) is 5.56 Å². The van der Waals surface area contributed by atoms with Crippen molar-refractivity contribution in [3.8, 4) is 22.9 Å². The van der Waals surface area contributed by atoms with Crippen LogP contribution in [0.25, 0.3) is 11.4 Å². The largest absolute Gasteiger partial charge is 0.454 e. The summed E-state index contributed by atoms with van der Waals surface area (Å²) < 4.78 is 10.7. The molecule has 0 spiro atoms. The second-order valence-electron chi connectivity index (χ2n) is 5.67. The van der Waals surface area contributed by atoms with Crippen molar-refractivity contribution in [2.24, 2.45) is 0 Å². The van der Waals surface area contributed by atoms with E-state index in [1.165, 1.54) is 0 Å². The molecule has 120 valence electrons. The van der Waals surface area contributed by atoms with Crippen molar-refractivity contribution >= 4 is 0 Å². The molecule has 24 heavy (non-hydrogen) atoms. The number of hydrogen-bond donors (Lipinski definition) is 1. The molecule has 0 bridgehead atoms. The highest BCUT2D eigenvalue weighted by Gasteiger charge is 2.15. The third-order valence-corrected chi connectivity index (χ3v) is 3.88. The van der Waals surface area contributed by atoms with Crippen molar-refractivity contribution in [3.63, 3.8) is 0 Å². The summed E-state index contributed by atoms with van der Waals surface area (Å²) in [5, 5.41) is 6.58. The number of fused-ring (bicyclic) bond motifs is 1. The Labute approximate surface area is 138 Å². The molecule has 2 aromatic carbocycles. The summed E-state index contributed by atoms with van der Waals surface area (Å²) in [5.74, 6) is 1.91. The molecular weight excluding hydrogens is 306 g/mol. The number of aromatic nitrogens is 3. The summed E-state index contributed by atoms with van der Waals surface area (Å²) in [7, 11) is 0. The van der Waals surface area contributed by atoms with Gasteiger partial charge in [-0.1, -0.05) is 35.9 Å². The fourth-order valence-corrected chi connectivity index (χ4v) is 2.57. The van der Waals surface area contributed by atoms with Crippen LogP contribution in [0.15, 0.2) is 47.3 Å². The average Bonchev–Trinajstić information content (AvgIpc) is 3.05. The van der Waals surface area contributed by atoms with E-state index in [0.29, 0.717) is 23.7 Å². The van der Waals surface area contributed by atoms with Crippen molar-refractivity contribution < 1.29 is 9.47 Å². The molecule has 0 unspecified atom stereocenters. The van der Waals surface area contributed by atoms with Crippen LogP contribution in [0.4, 0.5) is 0 Å². The Morgan fingerprint density at radius 1 is 1.08 bits per heavy atom. The maximum atomic E-state index is 12.1. The third kappa shape index (κ3) is 2.74. The number of aryl methyl sites for hydroxylation is 1. The van der Waals surface area contributed by atoms with E-state index < -0.39 is 0 Å². The van der Waals surface area contributed by atoms with E-state index in [1.807, 2.05) is 49.4 Å². The summed E-state index contributed by atoms with van der Waals surface area (Å²) in [5.41, 5.74) is 3.08. The van der Waals surface area contributed by atoms with E-state index in [4.69, 9.17) is 9.47 Å². The predicted octanol–water partition coefficient (Wildman–Crippen LogP) is 2.46. The van der Waals surface area contributed by atoms with Crippen molar-refractivity contribution in [2.75, 3.05) is 6.79 Å². The molecule has 1 aromatic heterocycles. The summed E-state index contributed by atoms with van der Waals surface area (Å²) >= 11 is 0. The molecule has 0 saturated heterocycles. The van der Waals surface area contributed by atoms with Gasteiger partial charge >= 0.3 is 0 Å². The summed E-state index contributed by atoms with van der Waals surface area (Å²) in [6.45, 7) is 2.24. The zero-order valence-electron chi connectivity index (χ0n) is 13.1. The predicted molar refractivity (Wildman–Crippen MR) is 88.2 cm³/mol. The second-order valence-corrected chi connectivity index (χ2v) is 5.67. The van der Waals surface area contributed by atoms with Gasteiger partial charge in [0.1, 0.15) is 5.69 Å². The molecule has 1 aliphatic heterocycles. The highest BCUT2D eigenvalue weighted by atomic mass is 16.7. The van der Waals surface area contributed by atoms with Crippen LogP contribution >= 0.6 is 0 Å². The Morgan fingerprint density at radius 2 is 1.88 bits per heavy atom. The smallest absolute Gasteiger partial charge is 0.286 e. The summed E-state index contributed by atoms with van der Waals surface area (Å²) in [6, 6.07) is 13.5. The molecule has 3 aromatic rings. The van der Waals surface area contributed by atoms with Gasteiger partial charge in [-0.3, -0.25) is 4.79 Å². The van der Waals surface area contributed by atoms with Crippen molar-refractivity contribution in [1.82, 2.24) is 15.2 Å². The summed E-state index contributed by atoms with van der Waals surface area (Å²) in [6.07, 6.45) is 0.396. The molecule has 2 heterocycles. The number of H-pyrrole nitrogens is 1. The molecule has 0 aliphatic carbocycles. The Balaban J connectivity index is 1.66. The van der Waals surface area contributed by atoms with Crippen molar-refractivity contribution in [2.45, 2.75) is 13.3 Å². The SMILES string of the molecule is Cc1ccc(-c2n[nH]c(=O)c(Cc3ccc4c(c3)OCO4)n2)cc1. The zero-order chi connectivity index (χ0) is 16.5. The van der Waals surface area contributed by atoms with Crippen LogP contribution < -0.4 is 15.0 Å². The van der Waals surface area contributed by atoms with Gasteiger partial charge in [0.05, 0.1) is 0 Å². The van der Waals surface area contributed by atoms with Gasteiger partial charge in [-0.05, 0) is 24.6 Å². The maximum absolute atomic E-state index is 12.1. The zero-order valence-corrected chi connectivity index (χ0v) is 13.1. The van der Waals surface area contributed by atoms with Crippen LogP contribution in [0.2, 0.25) is 0 Å². The van der Waals surface area contributed by atoms with Gasteiger partial charge in [-0.25, -0.2) is 10.1 Å². The van der Waals surface area contributed by atoms with E-state index in [-0.39, 0.29) is 12.4 Å². The van der Waals surface area contributed by atoms with Gasteiger partial charge < -0.3 is 9.47 Å². The standard InChI is InChI=1S/C18H15N3O3/c1-11-2-5-13(6-3-11)17-19-14(18(22)21-20-17)8-12-4-7-15-16(9-12)24-10-23-15/h2-7,9H,8,10H2,1H3,(H,21,22). The number of ether oxygens (including phenoxy) is 2. The highest BCUT2D eigenvalue weighted by molar-refractivity contribution is 5.54. The lowest BCUT2D eigenvalue weighted by Gasteiger charge is -2.05. The molecule has 6 heteroatoms. The van der Waals surface area contributed by atoms with Gasteiger partial charge in [-0.15, -0.1) is 0 Å². The molecule has 1 aliphatic rings. The first-order chi connectivity index (χ1) is 11.7. The molecule has 1 N–H and O–H groups in total. The lowest BCUT2D eigenvalue weighted by molar-refractivity contribution is 0.174. The van der Waals surface area contributed by atoms with Crippen LogP contribution in [0, 0.1) is 6.92 Å². The third-order valence-electron chi connectivity index (χ3n) is 3.88. The lowest BCUT2D eigenvalue weighted by Crippen LogP contribution is -2.18.